The standard InChI is InChI=1S/C28H36N2O3S/c1-14(2)30(15(3)4)27(31)24-16(5)18-13-19-20-12-17-8-9-21(32-7)23-22(17)28(19,10-11-29(20)6)26(33-23)25(18)34-24/h8-9,14-15,19-20,26H,10-13H2,1-7H3/t19?,20-,26+,28+/m1/s1. The molecule has 2 aromatic rings. The van der Waals surface area contributed by atoms with E-state index in [0.717, 1.165) is 42.2 Å². The van der Waals surface area contributed by atoms with Crippen molar-refractivity contribution in [2.45, 2.75) is 83.5 Å². The maximum Gasteiger partial charge on any atom is 0.264 e. The van der Waals surface area contributed by atoms with Crippen molar-refractivity contribution in [3.63, 3.8) is 0 Å². The first-order valence-corrected chi connectivity index (χ1v) is 13.5. The summed E-state index contributed by atoms with van der Waals surface area (Å²) in [5.41, 5.74) is 5.34. The lowest BCUT2D eigenvalue weighted by atomic mass is 9.52. The number of hydrogen-bond acceptors (Lipinski definition) is 5. The average Bonchev–Trinajstić information content (AvgIpc) is 3.30. The molecule has 5 nitrogen and oxygen atoms in total. The molecule has 34 heavy (non-hydrogen) atoms. The summed E-state index contributed by atoms with van der Waals surface area (Å²) in [5.74, 6) is 2.45. The highest BCUT2D eigenvalue weighted by atomic mass is 32.1. The number of fused-ring (bicyclic) bond motifs is 2. The number of benzene rings is 1. The first kappa shape index (κ1) is 22.4. The van der Waals surface area contributed by atoms with E-state index in [2.05, 4.69) is 58.7 Å². The summed E-state index contributed by atoms with van der Waals surface area (Å²) in [6.07, 6.45) is 3.15. The molecule has 0 N–H and O–H groups in total. The average molecular weight is 481 g/mol. The molecule has 1 unspecified atom stereocenters. The highest BCUT2D eigenvalue weighted by Crippen LogP contribution is 2.68. The van der Waals surface area contributed by atoms with Crippen molar-refractivity contribution in [3.05, 3.63) is 44.1 Å². The van der Waals surface area contributed by atoms with Crippen molar-refractivity contribution in [2.75, 3.05) is 20.7 Å². The number of ether oxygens (including phenoxy) is 2. The Kier molecular flexibility index (Phi) is 4.93. The van der Waals surface area contributed by atoms with Gasteiger partial charge < -0.3 is 19.3 Å². The van der Waals surface area contributed by atoms with Crippen LogP contribution in [-0.4, -0.2) is 54.5 Å². The molecule has 4 atom stereocenters. The van der Waals surface area contributed by atoms with Gasteiger partial charge in [-0.2, -0.15) is 0 Å². The molecule has 0 radical (unpaired) electrons. The molecular formula is C28H36N2O3S. The third-order valence-corrected chi connectivity index (χ3v) is 10.5. The predicted octanol–water partition coefficient (Wildman–Crippen LogP) is 5.13. The monoisotopic (exact) mass is 480 g/mol. The summed E-state index contributed by atoms with van der Waals surface area (Å²) >= 11 is 1.70. The number of likely N-dealkylation sites (N-methyl/N-ethyl adjacent to an activating group) is 1. The topological polar surface area (TPSA) is 42.0 Å². The zero-order valence-corrected chi connectivity index (χ0v) is 22.2. The second-order valence-corrected chi connectivity index (χ2v) is 12.3. The van der Waals surface area contributed by atoms with Gasteiger partial charge in [-0.1, -0.05) is 6.07 Å². The third-order valence-electron chi connectivity index (χ3n) is 9.10. The lowest BCUT2D eigenvalue weighted by Crippen LogP contribution is -2.61. The molecule has 1 aromatic carbocycles. The number of methoxy groups -OCH3 is 1. The fourth-order valence-corrected chi connectivity index (χ4v) is 9.10. The highest BCUT2D eigenvalue weighted by molar-refractivity contribution is 7.14. The maximum absolute atomic E-state index is 13.8. The second kappa shape index (κ2) is 7.47. The highest BCUT2D eigenvalue weighted by Gasteiger charge is 2.65. The van der Waals surface area contributed by atoms with E-state index in [0.29, 0.717) is 12.0 Å². The zero-order chi connectivity index (χ0) is 24.1. The van der Waals surface area contributed by atoms with Crippen LogP contribution in [0.25, 0.3) is 0 Å². The number of carbonyl (C=O) groups excluding carboxylic acids is 1. The number of rotatable bonds is 4. The van der Waals surface area contributed by atoms with Crippen LogP contribution in [0.1, 0.15) is 77.0 Å². The Morgan fingerprint density at radius 2 is 1.97 bits per heavy atom. The smallest absolute Gasteiger partial charge is 0.264 e. The van der Waals surface area contributed by atoms with E-state index < -0.39 is 0 Å². The maximum atomic E-state index is 13.8. The molecule has 1 spiro atoms. The number of nitrogens with zero attached hydrogens (tertiary/aromatic N) is 2. The number of hydrogen-bond donors (Lipinski definition) is 0. The molecule has 1 aromatic heterocycles. The Balaban J connectivity index is 1.54. The lowest BCUT2D eigenvalue weighted by Gasteiger charge is -2.57. The summed E-state index contributed by atoms with van der Waals surface area (Å²) in [6, 6.07) is 5.18. The number of piperidine rings is 1. The van der Waals surface area contributed by atoms with Crippen LogP contribution in [0.15, 0.2) is 12.1 Å². The van der Waals surface area contributed by atoms with Crippen LogP contribution in [0.5, 0.6) is 11.5 Å². The molecule has 182 valence electrons. The summed E-state index contributed by atoms with van der Waals surface area (Å²) in [4.78, 5) is 20.5. The van der Waals surface area contributed by atoms with Crippen molar-refractivity contribution in [3.8, 4) is 11.5 Å². The quantitative estimate of drug-likeness (QED) is 0.609. The molecule has 2 aliphatic carbocycles. The SMILES string of the molecule is COc1ccc2c3c1O[C@H]1c4sc(C(=O)N(C(C)C)C(C)C)c(C)c4CC4[C@@H](C2)N(C)CC[C@@]341. The summed E-state index contributed by atoms with van der Waals surface area (Å²) in [7, 11) is 4.02. The van der Waals surface area contributed by atoms with Gasteiger partial charge >= 0.3 is 0 Å². The van der Waals surface area contributed by atoms with Crippen molar-refractivity contribution in [2.24, 2.45) is 5.92 Å². The molecule has 2 bridgehead atoms. The van der Waals surface area contributed by atoms with Crippen LogP contribution < -0.4 is 9.47 Å². The van der Waals surface area contributed by atoms with Gasteiger partial charge in [-0.25, -0.2) is 0 Å². The van der Waals surface area contributed by atoms with Gasteiger partial charge in [0.1, 0.15) is 6.10 Å². The van der Waals surface area contributed by atoms with E-state index in [4.69, 9.17) is 9.47 Å². The molecule has 0 saturated carbocycles. The molecule has 3 heterocycles. The van der Waals surface area contributed by atoms with Crippen LogP contribution in [0.4, 0.5) is 0 Å². The first-order chi connectivity index (χ1) is 16.2. The van der Waals surface area contributed by atoms with Crippen LogP contribution in [-0.2, 0) is 18.3 Å². The minimum atomic E-state index is -0.0281. The van der Waals surface area contributed by atoms with E-state index in [-0.39, 0.29) is 29.5 Å². The van der Waals surface area contributed by atoms with Gasteiger partial charge in [-0.3, -0.25) is 4.79 Å². The first-order valence-electron chi connectivity index (χ1n) is 12.7. The molecule has 6 heteroatoms. The summed E-state index contributed by atoms with van der Waals surface area (Å²) in [6.45, 7) is 11.7. The zero-order valence-electron chi connectivity index (χ0n) is 21.4. The van der Waals surface area contributed by atoms with E-state index in [1.807, 2.05) is 4.90 Å². The van der Waals surface area contributed by atoms with Gasteiger partial charge in [0.15, 0.2) is 11.5 Å². The Morgan fingerprint density at radius 3 is 2.65 bits per heavy atom. The molecule has 2 aliphatic heterocycles. The molecule has 4 aliphatic rings. The predicted molar refractivity (Wildman–Crippen MR) is 135 cm³/mol. The Hall–Kier alpha value is -2.05. The van der Waals surface area contributed by atoms with Crippen LogP contribution in [0, 0.1) is 12.8 Å². The van der Waals surface area contributed by atoms with Gasteiger partial charge in [0.05, 0.1) is 16.9 Å². The van der Waals surface area contributed by atoms with E-state index in [9.17, 15) is 4.79 Å². The Morgan fingerprint density at radius 1 is 1.24 bits per heavy atom. The van der Waals surface area contributed by atoms with Crippen molar-refractivity contribution >= 4 is 17.2 Å². The molecule has 1 amide bonds. The Bertz CT molecular complexity index is 1180. The van der Waals surface area contributed by atoms with Crippen molar-refractivity contribution in [1.82, 2.24) is 9.80 Å². The molecule has 1 saturated heterocycles. The van der Waals surface area contributed by atoms with Gasteiger partial charge in [0, 0.05) is 29.1 Å². The van der Waals surface area contributed by atoms with Gasteiger partial charge in [0.25, 0.3) is 5.91 Å². The van der Waals surface area contributed by atoms with E-state index >= 15 is 0 Å². The molecule has 6 rings (SSSR count). The normalized spacial score (nSPS) is 28.6. The van der Waals surface area contributed by atoms with E-state index in [1.165, 1.54) is 27.1 Å². The van der Waals surface area contributed by atoms with Crippen molar-refractivity contribution < 1.29 is 14.3 Å². The van der Waals surface area contributed by atoms with Crippen molar-refractivity contribution in [1.29, 1.82) is 0 Å². The lowest BCUT2D eigenvalue weighted by molar-refractivity contribution is -0.0227. The minimum absolute atomic E-state index is 0.0188. The summed E-state index contributed by atoms with van der Waals surface area (Å²) in [5, 5.41) is 0. The number of amides is 1. The number of thiophene rings is 1. The second-order valence-electron chi connectivity index (χ2n) is 11.3. The van der Waals surface area contributed by atoms with Crippen LogP contribution in [0.2, 0.25) is 0 Å². The van der Waals surface area contributed by atoms with E-state index in [1.54, 1.807) is 18.4 Å². The fraction of sp³-hybridized carbons (Fsp3) is 0.607. The largest absolute Gasteiger partial charge is 0.493 e. The fourth-order valence-electron chi connectivity index (χ4n) is 7.69. The number of likely N-dealkylation sites (tertiary alicyclic amines) is 1. The van der Waals surface area contributed by atoms with Crippen LogP contribution >= 0.6 is 11.3 Å². The molecule has 1 fully saturated rings. The van der Waals surface area contributed by atoms with Gasteiger partial charge in [-0.05, 0) is 96.1 Å². The summed E-state index contributed by atoms with van der Waals surface area (Å²) < 4.78 is 12.7. The third kappa shape index (κ3) is 2.67. The minimum Gasteiger partial charge on any atom is -0.493 e. The van der Waals surface area contributed by atoms with Gasteiger partial charge in [-0.15, -0.1) is 11.3 Å². The molecular weight excluding hydrogens is 444 g/mol. The Labute approximate surface area is 207 Å². The van der Waals surface area contributed by atoms with Crippen LogP contribution in [0.3, 0.4) is 0 Å². The van der Waals surface area contributed by atoms with Gasteiger partial charge in [0.2, 0.25) is 0 Å². The number of carbonyl (C=O) groups is 1.